The fraction of sp³-hybridized carbons (Fsp3) is 0.420. The number of thioether (sulfide) groups is 1. The van der Waals surface area contributed by atoms with E-state index in [1.165, 1.54) is 23.9 Å². The molecule has 2 fully saturated rings. The van der Waals surface area contributed by atoms with Crippen LogP contribution in [0.1, 0.15) is 123 Å². The Kier molecular flexibility index (Phi) is 30.0. The number of carbonyl (C=O) groups is 9. The number of fused-ring (bicyclic) bond motifs is 15. The van der Waals surface area contributed by atoms with Crippen LogP contribution in [0.5, 0.6) is 51.7 Å². The predicted octanol–water partition coefficient (Wildman–Crippen LogP) is 1.95. The van der Waals surface area contributed by atoms with Crippen molar-refractivity contribution in [2.24, 2.45) is 17.2 Å². The zero-order valence-electron chi connectivity index (χ0n) is 65.4. The third kappa shape index (κ3) is 21.3. The lowest BCUT2D eigenvalue weighted by Crippen LogP contribution is -2.65. The Morgan fingerprint density at radius 3 is 2.05 bits per heavy atom. The molecule has 7 aliphatic rings. The molecule has 121 heavy (non-hydrogen) atoms. The van der Waals surface area contributed by atoms with E-state index in [0.717, 1.165) is 72.3 Å². The molecule has 11 bridgehead atoms. The van der Waals surface area contributed by atoms with E-state index in [-0.39, 0.29) is 55.6 Å². The van der Waals surface area contributed by atoms with Gasteiger partial charge >= 0.3 is 5.97 Å². The van der Waals surface area contributed by atoms with Gasteiger partial charge in [0.05, 0.1) is 47.9 Å². The lowest BCUT2D eigenvalue weighted by molar-refractivity contribution is -0.334. The van der Waals surface area contributed by atoms with E-state index in [9.17, 15) is 75.0 Å². The molecule has 0 spiro atoms. The second-order valence-corrected chi connectivity index (χ2v) is 31.6. The third-order valence-electron chi connectivity index (χ3n) is 21.1. The monoisotopic (exact) mass is 1740 g/mol. The molecule has 24 N–H and O–H groups in total. The third-order valence-corrected chi connectivity index (χ3v) is 22.3. The highest BCUT2D eigenvalue weighted by atomic mass is 35.5. The Morgan fingerprint density at radius 1 is 0.744 bits per heavy atom. The molecule has 13 rings (SSSR count). The molecule has 6 aromatic rings. The molecular weight excluding hydrogens is 1650 g/mol. The molecule has 8 amide bonds. The number of benzene rings is 6. The Bertz CT molecular complexity index is 4880. The number of aliphatic hydroxyl groups is 6. The highest BCUT2D eigenvalue weighted by Crippen LogP contribution is 2.50. The van der Waals surface area contributed by atoms with Crippen molar-refractivity contribution in [2.45, 2.75) is 181 Å². The maximum Gasteiger partial charge on any atom is 0.326 e. The number of hydrogen-bond donors (Lipinski definition) is 21. The number of ether oxygens (including phenoxy) is 7. The van der Waals surface area contributed by atoms with Gasteiger partial charge in [-0.25, -0.2) is 4.79 Å². The number of carboxylic acid groups (broad SMARTS) is 1. The normalized spacial score (nSPS) is 26.6. The number of hydrogen-bond acceptors (Lipinski definition) is 29. The van der Waals surface area contributed by atoms with Crippen molar-refractivity contribution in [2.75, 3.05) is 31.8 Å². The van der Waals surface area contributed by atoms with Crippen molar-refractivity contribution in [3.8, 4) is 62.9 Å². The second kappa shape index (κ2) is 39.9. The summed E-state index contributed by atoms with van der Waals surface area (Å²) in [6.07, 6.45) is -14.8. The number of phenolic OH excluding ortho intramolecular Hbond substituents is 3. The number of nitrogens with one attached hydrogen (secondary N) is 8. The number of aromatic hydroxyl groups is 3. The van der Waals surface area contributed by atoms with Crippen LogP contribution >= 0.6 is 35.0 Å². The van der Waals surface area contributed by atoms with Gasteiger partial charge in [-0.3, -0.25) is 38.4 Å². The smallest absolute Gasteiger partial charge is 0.326 e. The molecule has 650 valence electrons. The van der Waals surface area contributed by atoms with Gasteiger partial charge < -0.3 is 144 Å². The molecule has 37 nitrogen and oxygen atoms in total. The van der Waals surface area contributed by atoms with E-state index in [2.05, 4.69) is 49.1 Å². The van der Waals surface area contributed by atoms with E-state index in [1.54, 1.807) is 44.4 Å². The van der Waals surface area contributed by atoms with Gasteiger partial charge in [0, 0.05) is 35.7 Å². The molecule has 0 radical (unpaired) electrons. The van der Waals surface area contributed by atoms with Gasteiger partial charge in [-0.05, 0) is 165 Å². The summed E-state index contributed by atoms with van der Waals surface area (Å²) in [5, 5.41) is 137. The van der Waals surface area contributed by atoms with E-state index in [4.69, 9.17) is 73.6 Å². The number of nitrogens with two attached hydrogens (primary N) is 3. The summed E-state index contributed by atoms with van der Waals surface area (Å²) >= 11 is 15.7. The number of carboxylic acids is 1. The highest BCUT2D eigenvalue weighted by molar-refractivity contribution is 7.98. The Morgan fingerprint density at radius 2 is 1.40 bits per heavy atom. The summed E-state index contributed by atoms with van der Waals surface area (Å²) in [5.74, 6) is -16.6. The van der Waals surface area contributed by atoms with Gasteiger partial charge in [-0.15, -0.1) is 6.58 Å². The topological polar surface area (TPSA) is 595 Å². The lowest BCUT2D eigenvalue weighted by atomic mass is 9.84. The molecule has 7 heterocycles. The lowest BCUT2D eigenvalue weighted by Gasteiger charge is -2.48. The highest BCUT2D eigenvalue weighted by Gasteiger charge is 2.52. The molecule has 40 heteroatoms. The zero-order chi connectivity index (χ0) is 87.6. The Balaban J connectivity index is 1.12. The van der Waals surface area contributed by atoms with Crippen LogP contribution in [0.3, 0.4) is 0 Å². The van der Waals surface area contributed by atoms with Crippen LogP contribution in [0.4, 0.5) is 0 Å². The van der Waals surface area contributed by atoms with Gasteiger partial charge in [0.1, 0.15) is 107 Å². The van der Waals surface area contributed by atoms with E-state index in [1.807, 2.05) is 6.07 Å². The summed E-state index contributed by atoms with van der Waals surface area (Å²) in [7, 11) is 0. The summed E-state index contributed by atoms with van der Waals surface area (Å²) in [4.78, 5) is 133. The standard InChI is InChI=1S/C81H95Cl2N11O26S/c1-5-6-21-114-42-11-9-10-36(23-42)33-87-81(3)32-58(115-35(2)71(81)104)119-70-68(103)67(102)56(34-95)118-80(70)120-69-54-27-40-28-55(69)117-53-18-15-39(26-46(53)83)66(101)64-78(111)92-62(76(109)88-48(79(112)113)12-7-8-20-84)44-29-41(96)30-51(98)59(44)43-24-37(13-16-50(43)97)60(74(107)94-64)91-75(108)61(40)90-73(106)49(31-57(86)99)89-77(110)63(93-72(105)47(85)19-22-121-4)65(100)38-14-17-52(116-54)45(82)25-38/h5,9-11,13-18,23-30,35,47-49,56,58,60-68,70-71,80,87,95-98,100-104H,1,6-8,12,19-22,31-34,84-85H2,2-4H3,(H2,86,99)(H,88,109)(H,89,110)(H,90,106)(H,91,108)(H,92,111)(H,93,105)(H,94,107)(H,112,113)/t35-,47-,48-,49-,56+,58-,60+,61+,62-,63+,64-,65+,66+,67+,68-,70+,71+,80-,81-/m0/s1. The van der Waals surface area contributed by atoms with Gasteiger partial charge in [0.15, 0.2) is 23.9 Å². The van der Waals surface area contributed by atoms with Crippen LogP contribution in [-0.2, 0) is 63.9 Å². The van der Waals surface area contributed by atoms with Gasteiger partial charge in [0.25, 0.3) is 0 Å². The molecule has 19 atom stereocenters. The zero-order valence-corrected chi connectivity index (χ0v) is 67.7. The summed E-state index contributed by atoms with van der Waals surface area (Å²) < 4.78 is 45.4. The van der Waals surface area contributed by atoms with Crippen LogP contribution in [0.2, 0.25) is 10.0 Å². The van der Waals surface area contributed by atoms with E-state index < -0.39 is 260 Å². The first-order chi connectivity index (χ1) is 57.6. The fourth-order valence-electron chi connectivity index (χ4n) is 14.5. The fourth-order valence-corrected chi connectivity index (χ4v) is 15.5. The van der Waals surface area contributed by atoms with Crippen LogP contribution in [0.15, 0.2) is 116 Å². The number of amides is 8. The molecule has 0 aromatic heterocycles. The van der Waals surface area contributed by atoms with Gasteiger partial charge in [-0.1, -0.05) is 59.6 Å². The minimum Gasteiger partial charge on any atom is -0.508 e. The van der Waals surface area contributed by atoms with E-state index >= 15 is 19.2 Å². The molecule has 0 saturated carbocycles. The van der Waals surface area contributed by atoms with Crippen LogP contribution in [-0.4, -0.2) is 221 Å². The summed E-state index contributed by atoms with van der Waals surface area (Å²) in [6.45, 7) is 6.65. The largest absolute Gasteiger partial charge is 0.508 e. The number of phenols is 3. The SMILES string of the molecule is C=CCCOc1cccc(CN[C@@]2(C)C[C@H](O[C@H]3[C@H](Oc4c5cc6cc4Oc4ccc(cc4Cl)[C@@H](O)[C@@H](NC(=O)[C@@H](N)CCSC)C(=O)N[C@@H](CC(N)=O)C(=O)N[C@H]6C(=O)N[C@H]4C(=O)N[C@H](C(=O)N[C@H](C(=O)N[C@@H](CCCCN)C(=O)O)c6cc(O)cc(O)c6-c6cc4ccc6O)[C@H](O)c4ccc(c(Cl)c4)O5)O[C@H](CO)[C@@H](O)[C@@H]3O)O[C@@H](C)[C@H]2O)c1. The number of aliphatic hydroxyl groups excluding tert-OH is 6. The average molecular weight is 1740 g/mol. The predicted molar refractivity (Wildman–Crippen MR) is 432 cm³/mol. The molecular formula is C81H95Cl2N11O26S. The minimum atomic E-state index is -2.40. The van der Waals surface area contributed by atoms with Crippen molar-refractivity contribution in [1.82, 2.24) is 42.5 Å². The Labute approximate surface area is 706 Å². The van der Waals surface area contributed by atoms with Crippen molar-refractivity contribution in [3.63, 3.8) is 0 Å². The Hall–Kier alpha value is -10.7. The number of carbonyl (C=O) groups excluding carboxylic acids is 8. The number of unbranched alkanes of at least 4 members (excludes halogenated alkanes) is 1. The first-order valence-electron chi connectivity index (χ1n) is 38.4. The minimum absolute atomic E-state index is 0.0577. The van der Waals surface area contributed by atoms with E-state index in [0.29, 0.717) is 31.0 Å². The van der Waals surface area contributed by atoms with Gasteiger partial charge in [-0.2, -0.15) is 11.8 Å². The first kappa shape index (κ1) is 91.1. The van der Waals surface area contributed by atoms with Crippen LogP contribution < -0.4 is 78.7 Å². The van der Waals surface area contributed by atoms with Crippen LogP contribution in [0, 0.1) is 0 Å². The van der Waals surface area contributed by atoms with Gasteiger partial charge in [0.2, 0.25) is 59.3 Å². The molecule has 6 aromatic carbocycles. The number of primary amides is 1. The maximum absolute atomic E-state index is 16.3. The second-order valence-electron chi connectivity index (χ2n) is 29.8. The molecule has 0 aliphatic carbocycles. The average Bonchev–Trinajstić information content (AvgIpc) is 0.765. The molecule has 0 unspecified atom stereocenters. The number of halogens is 2. The summed E-state index contributed by atoms with van der Waals surface area (Å²) in [5.41, 5.74) is 14.2. The van der Waals surface area contributed by atoms with Crippen molar-refractivity contribution < 1.29 is 127 Å². The summed E-state index contributed by atoms with van der Waals surface area (Å²) in [6, 6.07) is 4.19. The first-order valence-corrected chi connectivity index (χ1v) is 40.6. The number of aliphatic carboxylic acids is 1. The van der Waals surface area contributed by atoms with Crippen molar-refractivity contribution in [1.29, 1.82) is 0 Å². The molecule has 2 saturated heterocycles. The van der Waals surface area contributed by atoms with Crippen LogP contribution in [0.25, 0.3) is 11.1 Å². The quantitative estimate of drug-likeness (QED) is 0.0272. The molecule has 7 aliphatic heterocycles. The number of rotatable bonds is 26. The maximum atomic E-state index is 16.3. The van der Waals surface area contributed by atoms with Crippen molar-refractivity contribution >= 4 is 88.2 Å². The van der Waals surface area contributed by atoms with Crippen molar-refractivity contribution in [3.05, 3.63) is 159 Å².